The number of benzene rings is 1. The van der Waals surface area contributed by atoms with Gasteiger partial charge in [-0.25, -0.2) is 0 Å². The van der Waals surface area contributed by atoms with E-state index in [1.54, 1.807) is 0 Å². The van der Waals surface area contributed by atoms with Crippen LogP contribution in [0.25, 0.3) is 0 Å². The van der Waals surface area contributed by atoms with Crippen molar-refractivity contribution in [3.63, 3.8) is 0 Å². The van der Waals surface area contributed by atoms with Crippen LogP contribution in [0.3, 0.4) is 0 Å². The lowest BCUT2D eigenvalue weighted by Crippen LogP contribution is -2.29. The highest BCUT2D eigenvalue weighted by molar-refractivity contribution is 5.42. The fraction of sp³-hybridized carbons (Fsp3) is 0.467. The molecular formula is C15H21N. The second-order valence-electron chi connectivity index (χ2n) is 4.66. The Morgan fingerprint density at radius 3 is 2.25 bits per heavy atom. The quantitative estimate of drug-likeness (QED) is 0.754. The third kappa shape index (κ3) is 3.72. The Balaban J connectivity index is 3.03. The standard InChI is InChI=1S/C15H21N/c1-5-13-8-7-12(11-14(13)6-2)9-10-15(3,4)16/h7-8,11H,5-6,16H2,1-4H3. The molecule has 0 bridgehead atoms. The van der Waals surface area contributed by atoms with Gasteiger partial charge in [0.25, 0.3) is 0 Å². The van der Waals surface area contributed by atoms with E-state index in [-0.39, 0.29) is 0 Å². The van der Waals surface area contributed by atoms with Crippen molar-refractivity contribution in [2.24, 2.45) is 5.73 Å². The van der Waals surface area contributed by atoms with Crippen LogP contribution in [0.2, 0.25) is 0 Å². The van der Waals surface area contributed by atoms with Crippen molar-refractivity contribution in [2.45, 2.75) is 46.1 Å². The minimum absolute atomic E-state index is 0.421. The molecule has 1 rings (SSSR count). The van der Waals surface area contributed by atoms with E-state index < -0.39 is 5.54 Å². The van der Waals surface area contributed by atoms with Gasteiger partial charge in [-0.1, -0.05) is 31.8 Å². The molecule has 86 valence electrons. The van der Waals surface area contributed by atoms with Crippen LogP contribution in [-0.2, 0) is 12.8 Å². The first kappa shape index (κ1) is 12.8. The van der Waals surface area contributed by atoms with Crippen LogP contribution < -0.4 is 5.73 Å². The third-order valence-corrected chi connectivity index (χ3v) is 2.50. The molecule has 16 heavy (non-hydrogen) atoms. The summed E-state index contributed by atoms with van der Waals surface area (Å²) >= 11 is 0. The molecule has 0 aromatic heterocycles. The summed E-state index contributed by atoms with van der Waals surface area (Å²) in [6, 6.07) is 6.43. The second-order valence-corrected chi connectivity index (χ2v) is 4.66. The fourth-order valence-corrected chi connectivity index (χ4v) is 1.61. The number of rotatable bonds is 2. The highest BCUT2D eigenvalue weighted by Crippen LogP contribution is 2.13. The predicted molar refractivity (Wildman–Crippen MR) is 70.3 cm³/mol. The molecule has 1 heteroatoms. The van der Waals surface area contributed by atoms with E-state index in [0.29, 0.717) is 0 Å². The van der Waals surface area contributed by atoms with Crippen molar-refractivity contribution < 1.29 is 0 Å². The Hall–Kier alpha value is -1.26. The van der Waals surface area contributed by atoms with E-state index in [0.717, 1.165) is 18.4 Å². The Morgan fingerprint density at radius 1 is 1.12 bits per heavy atom. The Kier molecular flexibility index (Phi) is 4.15. The first-order chi connectivity index (χ1) is 7.46. The van der Waals surface area contributed by atoms with Crippen LogP contribution in [0, 0.1) is 11.8 Å². The number of hydrogen-bond acceptors (Lipinski definition) is 1. The molecule has 0 aliphatic heterocycles. The van der Waals surface area contributed by atoms with E-state index in [9.17, 15) is 0 Å². The van der Waals surface area contributed by atoms with E-state index in [1.165, 1.54) is 11.1 Å². The maximum absolute atomic E-state index is 5.84. The molecule has 0 saturated carbocycles. The Labute approximate surface area is 99.1 Å². The molecule has 0 aliphatic rings. The summed E-state index contributed by atoms with van der Waals surface area (Å²) in [6.45, 7) is 8.20. The van der Waals surface area contributed by atoms with Gasteiger partial charge >= 0.3 is 0 Å². The van der Waals surface area contributed by atoms with Crippen molar-refractivity contribution in [3.05, 3.63) is 34.9 Å². The van der Waals surface area contributed by atoms with Crippen LogP contribution in [0.1, 0.15) is 44.4 Å². The van der Waals surface area contributed by atoms with Crippen LogP contribution in [0.15, 0.2) is 18.2 Å². The first-order valence-electron chi connectivity index (χ1n) is 5.90. The van der Waals surface area contributed by atoms with Crippen molar-refractivity contribution in [1.29, 1.82) is 0 Å². The van der Waals surface area contributed by atoms with Gasteiger partial charge in [0.2, 0.25) is 0 Å². The third-order valence-electron chi connectivity index (χ3n) is 2.50. The molecule has 0 heterocycles. The fourth-order valence-electron chi connectivity index (χ4n) is 1.61. The van der Waals surface area contributed by atoms with Crippen molar-refractivity contribution >= 4 is 0 Å². The number of aryl methyl sites for hydroxylation is 2. The van der Waals surface area contributed by atoms with Crippen molar-refractivity contribution in [1.82, 2.24) is 0 Å². The van der Waals surface area contributed by atoms with Crippen molar-refractivity contribution in [2.75, 3.05) is 0 Å². The summed E-state index contributed by atoms with van der Waals surface area (Å²) in [7, 11) is 0. The Bertz CT molecular complexity index is 413. The Morgan fingerprint density at radius 2 is 1.75 bits per heavy atom. The molecule has 0 saturated heterocycles. The van der Waals surface area contributed by atoms with E-state index in [1.807, 2.05) is 13.8 Å². The lowest BCUT2D eigenvalue weighted by molar-refractivity contribution is 0.680. The van der Waals surface area contributed by atoms with Crippen molar-refractivity contribution in [3.8, 4) is 11.8 Å². The summed E-state index contributed by atoms with van der Waals surface area (Å²) in [5.41, 5.74) is 9.29. The van der Waals surface area contributed by atoms with Gasteiger partial charge in [0.05, 0.1) is 5.54 Å². The lowest BCUT2D eigenvalue weighted by Gasteiger charge is -2.08. The predicted octanol–water partition coefficient (Wildman–Crippen LogP) is 2.90. The molecule has 2 N–H and O–H groups in total. The molecule has 0 spiro atoms. The maximum atomic E-state index is 5.84. The van der Waals surface area contributed by atoms with Crippen LogP contribution in [0.5, 0.6) is 0 Å². The highest BCUT2D eigenvalue weighted by atomic mass is 14.7. The molecule has 1 aromatic rings. The molecular weight excluding hydrogens is 194 g/mol. The summed E-state index contributed by atoms with van der Waals surface area (Å²) in [5.74, 6) is 6.19. The zero-order chi connectivity index (χ0) is 12.2. The van der Waals surface area contributed by atoms with E-state index in [4.69, 9.17) is 5.73 Å². The van der Waals surface area contributed by atoms with Gasteiger partial charge in [-0.15, -0.1) is 0 Å². The van der Waals surface area contributed by atoms with Gasteiger partial charge < -0.3 is 5.73 Å². The topological polar surface area (TPSA) is 26.0 Å². The zero-order valence-electron chi connectivity index (χ0n) is 10.7. The van der Waals surface area contributed by atoms with Gasteiger partial charge in [0, 0.05) is 5.56 Å². The minimum Gasteiger partial charge on any atom is -0.316 e. The van der Waals surface area contributed by atoms with Crippen LogP contribution in [-0.4, -0.2) is 5.54 Å². The SMILES string of the molecule is CCc1ccc(C#CC(C)(C)N)cc1CC. The van der Waals surface area contributed by atoms with Gasteiger partial charge in [0.15, 0.2) is 0 Å². The number of hydrogen-bond donors (Lipinski definition) is 1. The molecule has 0 radical (unpaired) electrons. The monoisotopic (exact) mass is 215 g/mol. The summed E-state index contributed by atoms with van der Waals surface area (Å²) in [6.07, 6.45) is 2.14. The molecule has 0 atom stereocenters. The van der Waals surface area contributed by atoms with Crippen LogP contribution >= 0.6 is 0 Å². The van der Waals surface area contributed by atoms with Crippen LogP contribution in [0.4, 0.5) is 0 Å². The minimum atomic E-state index is -0.421. The average Bonchev–Trinajstić information content (AvgIpc) is 2.25. The van der Waals surface area contributed by atoms with E-state index in [2.05, 4.69) is 43.9 Å². The van der Waals surface area contributed by atoms with Gasteiger partial charge in [-0.05, 0) is 49.9 Å². The second kappa shape index (κ2) is 5.18. The molecule has 0 amide bonds. The highest BCUT2D eigenvalue weighted by Gasteiger charge is 2.04. The van der Waals surface area contributed by atoms with Gasteiger partial charge in [-0.2, -0.15) is 0 Å². The van der Waals surface area contributed by atoms with E-state index >= 15 is 0 Å². The molecule has 0 aliphatic carbocycles. The normalized spacial score (nSPS) is 10.8. The summed E-state index contributed by atoms with van der Waals surface area (Å²) in [5, 5.41) is 0. The maximum Gasteiger partial charge on any atom is 0.0722 e. The average molecular weight is 215 g/mol. The molecule has 1 aromatic carbocycles. The number of nitrogens with two attached hydrogens (primary N) is 1. The largest absolute Gasteiger partial charge is 0.316 e. The smallest absolute Gasteiger partial charge is 0.0722 e. The van der Waals surface area contributed by atoms with Gasteiger partial charge in [0.1, 0.15) is 0 Å². The molecule has 0 fully saturated rings. The van der Waals surface area contributed by atoms with Gasteiger partial charge in [-0.3, -0.25) is 0 Å². The molecule has 1 nitrogen and oxygen atoms in total. The summed E-state index contributed by atoms with van der Waals surface area (Å²) in [4.78, 5) is 0. The first-order valence-corrected chi connectivity index (χ1v) is 5.90. The lowest BCUT2D eigenvalue weighted by atomic mass is 9.99. The zero-order valence-corrected chi connectivity index (χ0v) is 10.7. The summed E-state index contributed by atoms with van der Waals surface area (Å²) < 4.78 is 0. The molecule has 0 unspecified atom stereocenters.